The maximum atomic E-state index is 12.5. The fraction of sp³-hybridized carbons (Fsp3) is 0.235. The summed E-state index contributed by atoms with van der Waals surface area (Å²) in [6.07, 6.45) is 0.0957. The summed E-state index contributed by atoms with van der Waals surface area (Å²) in [5.74, 6) is -1.56. The van der Waals surface area contributed by atoms with Crippen molar-refractivity contribution in [2.75, 3.05) is 7.11 Å². The number of hydrogen-bond acceptors (Lipinski definition) is 4. The van der Waals surface area contributed by atoms with Crippen molar-refractivity contribution in [3.8, 4) is 0 Å². The van der Waals surface area contributed by atoms with Gasteiger partial charge in [0.1, 0.15) is 6.04 Å². The molecule has 6 heteroatoms. The highest BCUT2D eigenvalue weighted by Gasteiger charge is 2.21. The molecule has 0 aromatic heterocycles. The number of benzene rings is 2. The van der Waals surface area contributed by atoms with Gasteiger partial charge in [-0.3, -0.25) is 14.4 Å². The van der Waals surface area contributed by atoms with E-state index in [4.69, 9.17) is 5.73 Å². The Labute approximate surface area is 133 Å². The van der Waals surface area contributed by atoms with Crippen molar-refractivity contribution < 1.29 is 19.1 Å². The van der Waals surface area contributed by atoms with Crippen molar-refractivity contribution >= 4 is 28.6 Å². The van der Waals surface area contributed by atoms with Crippen LogP contribution in [0, 0.1) is 0 Å². The second-order valence-electron chi connectivity index (χ2n) is 5.07. The van der Waals surface area contributed by atoms with E-state index in [1.165, 1.54) is 7.11 Å². The number of carbonyl (C=O) groups excluding carboxylic acids is 3. The van der Waals surface area contributed by atoms with Crippen molar-refractivity contribution in [2.45, 2.75) is 18.9 Å². The number of methoxy groups -OCH3 is 1. The molecule has 2 aromatic rings. The average Bonchev–Trinajstić information content (AvgIpc) is 2.57. The summed E-state index contributed by atoms with van der Waals surface area (Å²) in [6.45, 7) is 0. The van der Waals surface area contributed by atoms with Gasteiger partial charge in [-0.15, -0.1) is 0 Å². The fourth-order valence-electron chi connectivity index (χ4n) is 2.31. The summed E-state index contributed by atoms with van der Waals surface area (Å²) in [5.41, 5.74) is 5.75. The molecule has 2 rings (SSSR count). The zero-order chi connectivity index (χ0) is 16.8. The van der Waals surface area contributed by atoms with Gasteiger partial charge in [-0.1, -0.05) is 36.4 Å². The second-order valence-corrected chi connectivity index (χ2v) is 5.07. The molecule has 0 bridgehead atoms. The Morgan fingerprint density at radius 1 is 1.13 bits per heavy atom. The van der Waals surface area contributed by atoms with E-state index in [-0.39, 0.29) is 12.8 Å². The van der Waals surface area contributed by atoms with Gasteiger partial charge in [0.05, 0.1) is 7.11 Å². The molecular weight excluding hydrogens is 296 g/mol. The molecule has 0 unspecified atom stereocenters. The SMILES string of the molecule is COC(=O)CC[C@H](NC(=O)c1cccc2ccccc12)C(N)=O. The van der Waals surface area contributed by atoms with E-state index in [1.54, 1.807) is 12.1 Å². The van der Waals surface area contributed by atoms with Crippen molar-refractivity contribution in [1.82, 2.24) is 5.32 Å². The zero-order valence-electron chi connectivity index (χ0n) is 12.7. The molecule has 0 aliphatic carbocycles. The predicted octanol–water partition coefficient (Wildman–Crippen LogP) is 1.38. The highest BCUT2D eigenvalue weighted by atomic mass is 16.5. The normalized spacial score (nSPS) is 11.7. The molecule has 23 heavy (non-hydrogen) atoms. The van der Waals surface area contributed by atoms with Gasteiger partial charge in [0, 0.05) is 12.0 Å². The lowest BCUT2D eigenvalue weighted by Gasteiger charge is -2.15. The van der Waals surface area contributed by atoms with Crippen LogP contribution in [0.2, 0.25) is 0 Å². The van der Waals surface area contributed by atoms with E-state index in [9.17, 15) is 14.4 Å². The van der Waals surface area contributed by atoms with E-state index in [0.29, 0.717) is 5.56 Å². The number of ether oxygens (including phenoxy) is 1. The molecule has 0 saturated heterocycles. The quantitative estimate of drug-likeness (QED) is 0.787. The Balaban J connectivity index is 2.17. The third-order valence-corrected chi connectivity index (χ3v) is 3.55. The molecule has 0 aliphatic rings. The van der Waals surface area contributed by atoms with Crippen molar-refractivity contribution in [3.05, 3.63) is 48.0 Å². The molecule has 1 atom stereocenters. The van der Waals surface area contributed by atoms with Crippen LogP contribution in [0.15, 0.2) is 42.5 Å². The van der Waals surface area contributed by atoms with E-state index >= 15 is 0 Å². The molecule has 0 fully saturated rings. The lowest BCUT2D eigenvalue weighted by Crippen LogP contribution is -2.44. The number of esters is 1. The summed E-state index contributed by atoms with van der Waals surface area (Å²) in [7, 11) is 1.26. The van der Waals surface area contributed by atoms with Crippen LogP contribution in [0.1, 0.15) is 23.2 Å². The van der Waals surface area contributed by atoms with Gasteiger partial charge >= 0.3 is 5.97 Å². The van der Waals surface area contributed by atoms with Crippen molar-refractivity contribution in [1.29, 1.82) is 0 Å². The molecule has 3 N–H and O–H groups in total. The Hall–Kier alpha value is -2.89. The van der Waals surface area contributed by atoms with Crippen LogP contribution in [-0.2, 0) is 14.3 Å². The molecule has 0 heterocycles. The Bertz CT molecular complexity index is 737. The first-order valence-electron chi connectivity index (χ1n) is 7.17. The van der Waals surface area contributed by atoms with Gasteiger partial charge in [-0.25, -0.2) is 0 Å². The summed E-state index contributed by atoms with van der Waals surface area (Å²) in [5, 5.41) is 4.29. The van der Waals surface area contributed by atoms with Crippen LogP contribution in [0.25, 0.3) is 10.8 Å². The molecule has 2 amide bonds. The third-order valence-electron chi connectivity index (χ3n) is 3.55. The minimum atomic E-state index is -0.930. The number of hydrogen-bond donors (Lipinski definition) is 2. The summed E-state index contributed by atoms with van der Waals surface area (Å²) < 4.78 is 4.52. The molecule has 0 radical (unpaired) electrons. The van der Waals surface area contributed by atoms with Crippen LogP contribution < -0.4 is 11.1 Å². The number of rotatable bonds is 6. The summed E-state index contributed by atoms with van der Waals surface area (Å²) in [4.78, 5) is 35.1. The number of nitrogens with two attached hydrogens (primary N) is 1. The monoisotopic (exact) mass is 314 g/mol. The Morgan fingerprint density at radius 3 is 2.52 bits per heavy atom. The Kier molecular flexibility index (Phi) is 5.30. The molecule has 0 spiro atoms. The molecule has 0 saturated carbocycles. The number of fused-ring (bicyclic) bond motifs is 1. The lowest BCUT2D eigenvalue weighted by molar-refractivity contribution is -0.140. The molecular formula is C17H18N2O4. The topological polar surface area (TPSA) is 98.5 Å². The maximum absolute atomic E-state index is 12.5. The van der Waals surface area contributed by atoms with E-state index < -0.39 is 23.8 Å². The van der Waals surface area contributed by atoms with Crippen LogP contribution in [0.4, 0.5) is 0 Å². The molecule has 120 valence electrons. The lowest BCUT2D eigenvalue weighted by atomic mass is 10.0. The Morgan fingerprint density at radius 2 is 1.83 bits per heavy atom. The van der Waals surface area contributed by atoms with Crippen LogP contribution in [0.5, 0.6) is 0 Å². The smallest absolute Gasteiger partial charge is 0.305 e. The van der Waals surface area contributed by atoms with E-state index in [0.717, 1.165) is 10.8 Å². The largest absolute Gasteiger partial charge is 0.469 e. The minimum Gasteiger partial charge on any atom is -0.469 e. The average molecular weight is 314 g/mol. The van der Waals surface area contributed by atoms with E-state index in [1.807, 2.05) is 30.3 Å². The van der Waals surface area contributed by atoms with Crippen LogP contribution in [-0.4, -0.2) is 30.9 Å². The van der Waals surface area contributed by atoms with E-state index in [2.05, 4.69) is 10.1 Å². The molecule has 6 nitrogen and oxygen atoms in total. The zero-order valence-corrected chi connectivity index (χ0v) is 12.7. The van der Waals surface area contributed by atoms with Crippen molar-refractivity contribution in [2.24, 2.45) is 5.73 Å². The standard InChI is InChI=1S/C17H18N2O4/c1-23-15(20)10-9-14(16(18)21)19-17(22)13-8-4-6-11-5-2-3-7-12(11)13/h2-8,14H,9-10H2,1H3,(H2,18,21)(H,19,22)/t14-/m0/s1. The molecule has 2 aromatic carbocycles. The van der Waals surface area contributed by atoms with Crippen LogP contribution in [0.3, 0.4) is 0 Å². The highest BCUT2D eigenvalue weighted by Crippen LogP contribution is 2.18. The predicted molar refractivity (Wildman–Crippen MR) is 85.6 cm³/mol. The number of carbonyl (C=O) groups is 3. The molecule has 0 aliphatic heterocycles. The fourth-order valence-corrected chi connectivity index (χ4v) is 2.31. The number of amides is 2. The van der Waals surface area contributed by atoms with Gasteiger partial charge in [0.15, 0.2) is 0 Å². The first kappa shape index (κ1) is 16.5. The summed E-state index contributed by atoms with van der Waals surface area (Å²) >= 11 is 0. The van der Waals surface area contributed by atoms with Gasteiger partial charge < -0.3 is 15.8 Å². The van der Waals surface area contributed by atoms with Crippen molar-refractivity contribution in [3.63, 3.8) is 0 Å². The third kappa shape index (κ3) is 4.06. The first-order chi connectivity index (χ1) is 11.0. The van der Waals surface area contributed by atoms with Crippen LogP contribution >= 0.6 is 0 Å². The minimum absolute atomic E-state index is 0.0000753. The highest BCUT2D eigenvalue weighted by molar-refractivity contribution is 6.08. The number of primary amides is 1. The maximum Gasteiger partial charge on any atom is 0.305 e. The first-order valence-corrected chi connectivity index (χ1v) is 7.17. The number of nitrogens with one attached hydrogen (secondary N) is 1. The van der Waals surface area contributed by atoms with Gasteiger partial charge in [-0.05, 0) is 23.3 Å². The summed E-state index contributed by atoms with van der Waals surface area (Å²) in [6, 6.07) is 11.9. The van der Waals surface area contributed by atoms with Gasteiger partial charge in [-0.2, -0.15) is 0 Å². The van der Waals surface area contributed by atoms with Gasteiger partial charge in [0.2, 0.25) is 5.91 Å². The second kappa shape index (κ2) is 7.40. The van der Waals surface area contributed by atoms with Gasteiger partial charge in [0.25, 0.3) is 5.91 Å².